The van der Waals surface area contributed by atoms with E-state index in [1.807, 2.05) is 17.5 Å². The van der Waals surface area contributed by atoms with Crippen LogP contribution in [0.1, 0.15) is 4.88 Å². The van der Waals surface area contributed by atoms with Gasteiger partial charge in [-0.05, 0) is 30.0 Å². The van der Waals surface area contributed by atoms with Crippen molar-refractivity contribution < 1.29 is 9.31 Å². The van der Waals surface area contributed by atoms with E-state index in [1.165, 1.54) is 17.0 Å². The molecule has 1 aromatic carbocycles. The average Bonchev–Trinajstić information content (AvgIpc) is 2.81. The number of anilines is 1. The Morgan fingerprint density at radius 1 is 1.33 bits per heavy atom. The smallest absolute Gasteiger partial charge is 0.327 e. The van der Waals surface area contributed by atoms with E-state index in [0.29, 0.717) is 6.54 Å². The van der Waals surface area contributed by atoms with Crippen molar-refractivity contribution in [2.75, 3.05) is 11.9 Å². The number of nitrogens with one attached hydrogen (secondary N) is 1. The highest BCUT2D eigenvalue weighted by Gasteiger charge is 2.19. The standard InChI is InChI=1S/C12H11FN2O2S/c13-10-4-1-5-11(12(10)15(16)17)14-7-6-9-3-2-8-18-9/h1-5,8,14H,6-7H2. The summed E-state index contributed by atoms with van der Waals surface area (Å²) in [5.41, 5.74) is -0.278. The summed E-state index contributed by atoms with van der Waals surface area (Å²) in [5.74, 6) is -0.818. The van der Waals surface area contributed by atoms with Crippen LogP contribution in [0.25, 0.3) is 0 Å². The minimum absolute atomic E-state index is 0.219. The highest BCUT2D eigenvalue weighted by molar-refractivity contribution is 7.09. The molecule has 1 N–H and O–H groups in total. The molecule has 0 amide bonds. The molecule has 0 saturated carbocycles. The number of para-hydroxylation sites is 1. The summed E-state index contributed by atoms with van der Waals surface area (Å²) in [4.78, 5) is 11.2. The van der Waals surface area contributed by atoms with E-state index < -0.39 is 16.4 Å². The second kappa shape index (κ2) is 5.59. The van der Waals surface area contributed by atoms with E-state index in [2.05, 4.69) is 5.32 Å². The summed E-state index contributed by atoms with van der Waals surface area (Å²) >= 11 is 1.62. The molecular formula is C12H11FN2O2S. The molecule has 6 heteroatoms. The molecule has 0 spiro atoms. The van der Waals surface area contributed by atoms with Crippen molar-refractivity contribution in [2.45, 2.75) is 6.42 Å². The number of nitro benzene ring substituents is 1. The van der Waals surface area contributed by atoms with Crippen LogP contribution < -0.4 is 5.32 Å². The Morgan fingerprint density at radius 3 is 2.83 bits per heavy atom. The van der Waals surface area contributed by atoms with Crippen LogP contribution in [-0.2, 0) is 6.42 Å². The van der Waals surface area contributed by atoms with E-state index in [0.717, 1.165) is 12.5 Å². The zero-order chi connectivity index (χ0) is 13.0. The van der Waals surface area contributed by atoms with Crippen LogP contribution in [0.15, 0.2) is 35.7 Å². The van der Waals surface area contributed by atoms with E-state index in [9.17, 15) is 14.5 Å². The summed E-state index contributed by atoms with van der Waals surface area (Å²) in [6, 6.07) is 7.99. The molecule has 0 fully saturated rings. The Bertz CT molecular complexity index is 543. The van der Waals surface area contributed by atoms with Crippen molar-refractivity contribution in [2.24, 2.45) is 0 Å². The van der Waals surface area contributed by atoms with Crippen LogP contribution in [0.3, 0.4) is 0 Å². The van der Waals surface area contributed by atoms with Crippen LogP contribution in [0, 0.1) is 15.9 Å². The van der Waals surface area contributed by atoms with Crippen molar-refractivity contribution in [3.05, 3.63) is 56.5 Å². The molecule has 94 valence electrons. The maximum Gasteiger partial charge on any atom is 0.327 e. The van der Waals surface area contributed by atoms with E-state index in [4.69, 9.17) is 0 Å². The van der Waals surface area contributed by atoms with Crippen LogP contribution in [0.4, 0.5) is 15.8 Å². The largest absolute Gasteiger partial charge is 0.379 e. The molecular weight excluding hydrogens is 255 g/mol. The minimum Gasteiger partial charge on any atom is -0.379 e. The van der Waals surface area contributed by atoms with Crippen molar-refractivity contribution in [3.8, 4) is 0 Å². The summed E-state index contributed by atoms with van der Waals surface area (Å²) in [5, 5.41) is 15.6. The topological polar surface area (TPSA) is 55.2 Å². The lowest BCUT2D eigenvalue weighted by molar-refractivity contribution is -0.386. The van der Waals surface area contributed by atoms with Gasteiger partial charge >= 0.3 is 5.69 Å². The highest BCUT2D eigenvalue weighted by Crippen LogP contribution is 2.27. The summed E-state index contributed by atoms with van der Waals surface area (Å²) in [6.07, 6.45) is 0.755. The molecule has 0 radical (unpaired) electrons. The fourth-order valence-corrected chi connectivity index (χ4v) is 2.33. The van der Waals surface area contributed by atoms with Gasteiger partial charge in [0.2, 0.25) is 5.82 Å². The second-order valence-corrected chi connectivity index (χ2v) is 4.68. The normalized spacial score (nSPS) is 10.3. The summed E-state index contributed by atoms with van der Waals surface area (Å²) in [7, 11) is 0. The number of benzene rings is 1. The van der Waals surface area contributed by atoms with Gasteiger partial charge in [0.15, 0.2) is 0 Å². The van der Waals surface area contributed by atoms with Gasteiger partial charge in [-0.2, -0.15) is 4.39 Å². The van der Waals surface area contributed by atoms with Gasteiger partial charge in [-0.3, -0.25) is 10.1 Å². The molecule has 0 atom stereocenters. The Kier molecular flexibility index (Phi) is 3.88. The zero-order valence-electron chi connectivity index (χ0n) is 9.43. The quantitative estimate of drug-likeness (QED) is 0.666. The van der Waals surface area contributed by atoms with Gasteiger partial charge in [0, 0.05) is 11.4 Å². The van der Waals surface area contributed by atoms with Crippen LogP contribution in [-0.4, -0.2) is 11.5 Å². The van der Waals surface area contributed by atoms with E-state index in [1.54, 1.807) is 11.3 Å². The maximum atomic E-state index is 13.3. The number of thiophene rings is 1. The third kappa shape index (κ3) is 2.84. The highest BCUT2D eigenvalue weighted by atomic mass is 32.1. The first-order chi connectivity index (χ1) is 8.68. The number of nitro groups is 1. The van der Waals surface area contributed by atoms with Crippen LogP contribution in [0.2, 0.25) is 0 Å². The first-order valence-electron chi connectivity index (χ1n) is 5.37. The molecule has 1 heterocycles. The zero-order valence-corrected chi connectivity index (χ0v) is 10.2. The minimum atomic E-state index is -0.818. The molecule has 4 nitrogen and oxygen atoms in total. The van der Waals surface area contributed by atoms with Gasteiger partial charge < -0.3 is 5.32 Å². The molecule has 0 bridgehead atoms. The average molecular weight is 266 g/mol. The molecule has 0 saturated heterocycles. The molecule has 2 rings (SSSR count). The second-order valence-electron chi connectivity index (χ2n) is 3.65. The first kappa shape index (κ1) is 12.5. The predicted molar refractivity (Wildman–Crippen MR) is 69.6 cm³/mol. The molecule has 0 aliphatic heterocycles. The Hall–Kier alpha value is -1.95. The van der Waals surface area contributed by atoms with Crippen molar-refractivity contribution in [1.29, 1.82) is 0 Å². The molecule has 0 aliphatic carbocycles. The molecule has 0 unspecified atom stereocenters. The fourth-order valence-electron chi connectivity index (χ4n) is 1.62. The fraction of sp³-hybridized carbons (Fsp3) is 0.167. The van der Waals surface area contributed by atoms with Gasteiger partial charge in [-0.15, -0.1) is 11.3 Å². The van der Waals surface area contributed by atoms with Gasteiger partial charge in [0.1, 0.15) is 5.69 Å². The Balaban J connectivity index is 2.05. The lowest BCUT2D eigenvalue weighted by Gasteiger charge is -2.06. The van der Waals surface area contributed by atoms with Crippen molar-refractivity contribution >= 4 is 22.7 Å². The van der Waals surface area contributed by atoms with E-state index in [-0.39, 0.29) is 5.69 Å². The van der Waals surface area contributed by atoms with Gasteiger partial charge in [0.05, 0.1) is 4.92 Å². The van der Waals surface area contributed by atoms with Gasteiger partial charge in [-0.1, -0.05) is 12.1 Å². The molecule has 2 aromatic rings. The van der Waals surface area contributed by atoms with Crippen LogP contribution >= 0.6 is 11.3 Å². The number of hydrogen-bond acceptors (Lipinski definition) is 4. The summed E-state index contributed by atoms with van der Waals surface area (Å²) in [6.45, 7) is 0.533. The van der Waals surface area contributed by atoms with Crippen molar-refractivity contribution in [1.82, 2.24) is 0 Å². The third-order valence-electron chi connectivity index (χ3n) is 2.44. The molecule has 0 aliphatic rings. The Morgan fingerprint density at radius 2 is 2.17 bits per heavy atom. The summed E-state index contributed by atoms with van der Waals surface area (Å²) < 4.78 is 13.3. The number of halogens is 1. The van der Waals surface area contributed by atoms with Crippen LogP contribution in [0.5, 0.6) is 0 Å². The number of nitrogens with zero attached hydrogens (tertiary/aromatic N) is 1. The lowest BCUT2D eigenvalue weighted by Crippen LogP contribution is -2.07. The number of hydrogen-bond donors (Lipinski definition) is 1. The van der Waals surface area contributed by atoms with E-state index >= 15 is 0 Å². The predicted octanol–water partition coefficient (Wildman–Crippen LogP) is 3.45. The maximum absolute atomic E-state index is 13.3. The van der Waals surface area contributed by atoms with Gasteiger partial charge in [-0.25, -0.2) is 0 Å². The monoisotopic (exact) mass is 266 g/mol. The third-order valence-corrected chi connectivity index (χ3v) is 3.37. The molecule has 1 aromatic heterocycles. The first-order valence-corrected chi connectivity index (χ1v) is 6.25. The lowest BCUT2D eigenvalue weighted by atomic mass is 10.2. The Labute approximate surface area is 107 Å². The van der Waals surface area contributed by atoms with Crippen molar-refractivity contribution in [3.63, 3.8) is 0 Å². The number of rotatable bonds is 5. The SMILES string of the molecule is O=[N+]([O-])c1c(F)cccc1NCCc1cccs1. The molecule has 18 heavy (non-hydrogen) atoms. The van der Waals surface area contributed by atoms with Gasteiger partial charge in [0.25, 0.3) is 0 Å².